The summed E-state index contributed by atoms with van der Waals surface area (Å²) >= 11 is 1.63. The van der Waals surface area contributed by atoms with Gasteiger partial charge in [-0.05, 0) is 53.8 Å². The molecule has 33 heavy (non-hydrogen) atoms. The van der Waals surface area contributed by atoms with Gasteiger partial charge in [-0.1, -0.05) is 32.0 Å². The molecule has 1 N–H and O–H groups in total. The highest BCUT2D eigenvalue weighted by atomic mass is 32.1. The Hall–Kier alpha value is -3.45. The quantitative estimate of drug-likeness (QED) is 0.405. The fraction of sp³-hybridized carbons (Fsp3) is 0.269. The summed E-state index contributed by atoms with van der Waals surface area (Å²) in [6.45, 7) is 4.17. The third-order valence-corrected chi connectivity index (χ3v) is 6.54. The van der Waals surface area contributed by atoms with Crippen molar-refractivity contribution in [2.45, 2.75) is 32.7 Å². The van der Waals surface area contributed by atoms with E-state index in [0.29, 0.717) is 17.0 Å². The van der Waals surface area contributed by atoms with Crippen LogP contribution in [0.3, 0.4) is 0 Å². The predicted molar refractivity (Wildman–Crippen MR) is 132 cm³/mol. The molecule has 0 saturated carbocycles. The SMILES string of the molecule is COc1ccc(-n2c(=O)c(CCC(=O)NC(c3cccs3)C(C)C)nc3ccccc32)cc1. The van der Waals surface area contributed by atoms with Gasteiger partial charge < -0.3 is 10.1 Å². The number of benzene rings is 2. The van der Waals surface area contributed by atoms with Gasteiger partial charge in [0.2, 0.25) is 5.91 Å². The number of carbonyl (C=O) groups is 1. The molecular weight excluding hydrogens is 434 g/mol. The van der Waals surface area contributed by atoms with Gasteiger partial charge in [-0.25, -0.2) is 4.98 Å². The Morgan fingerprint density at radius 2 is 1.85 bits per heavy atom. The molecule has 0 fully saturated rings. The topological polar surface area (TPSA) is 73.2 Å². The van der Waals surface area contributed by atoms with Crippen molar-refractivity contribution in [1.29, 1.82) is 0 Å². The normalized spacial score (nSPS) is 12.1. The molecule has 1 atom stereocenters. The van der Waals surface area contributed by atoms with Crippen molar-refractivity contribution in [2.75, 3.05) is 7.11 Å². The number of fused-ring (bicyclic) bond motifs is 1. The molecule has 2 aromatic carbocycles. The Balaban J connectivity index is 1.61. The van der Waals surface area contributed by atoms with Gasteiger partial charge in [-0.2, -0.15) is 0 Å². The third-order valence-electron chi connectivity index (χ3n) is 5.58. The summed E-state index contributed by atoms with van der Waals surface area (Å²) in [6, 6.07) is 18.8. The number of para-hydroxylation sites is 2. The van der Waals surface area contributed by atoms with Gasteiger partial charge in [-0.3, -0.25) is 14.2 Å². The minimum atomic E-state index is -0.217. The molecule has 0 aliphatic rings. The Kier molecular flexibility index (Phi) is 6.89. The Morgan fingerprint density at radius 1 is 1.09 bits per heavy atom. The fourth-order valence-electron chi connectivity index (χ4n) is 3.84. The molecule has 6 nitrogen and oxygen atoms in total. The molecule has 2 aromatic heterocycles. The van der Waals surface area contributed by atoms with E-state index in [1.165, 1.54) is 0 Å². The molecule has 0 aliphatic heterocycles. The lowest BCUT2D eigenvalue weighted by atomic mass is 10.0. The van der Waals surface area contributed by atoms with Crippen LogP contribution in [-0.4, -0.2) is 22.6 Å². The van der Waals surface area contributed by atoms with Crippen LogP contribution in [0.4, 0.5) is 0 Å². The van der Waals surface area contributed by atoms with Crippen LogP contribution in [0.25, 0.3) is 16.7 Å². The van der Waals surface area contributed by atoms with Crippen molar-refractivity contribution in [3.63, 3.8) is 0 Å². The predicted octanol–water partition coefficient (Wildman–Crippen LogP) is 4.90. The van der Waals surface area contributed by atoms with Crippen LogP contribution in [0, 0.1) is 5.92 Å². The lowest BCUT2D eigenvalue weighted by Crippen LogP contribution is -2.32. The van der Waals surface area contributed by atoms with Crippen LogP contribution in [0.5, 0.6) is 5.75 Å². The Bertz CT molecular complexity index is 1290. The number of aromatic nitrogens is 2. The van der Waals surface area contributed by atoms with Crippen LogP contribution in [0.2, 0.25) is 0 Å². The maximum absolute atomic E-state index is 13.4. The number of nitrogens with zero attached hydrogens (tertiary/aromatic N) is 2. The van der Waals surface area contributed by atoms with Crippen LogP contribution in [-0.2, 0) is 11.2 Å². The van der Waals surface area contributed by atoms with Crippen LogP contribution >= 0.6 is 11.3 Å². The summed E-state index contributed by atoms with van der Waals surface area (Å²) in [5, 5.41) is 5.14. The summed E-state index contributed by atoms with van der Waals surface area (Å²) in [5.41, 5.74) is 2.31. The van der Waals surface area contributed by atoms with Crippen molar-refractivity contribution in [2.24, 2.45) is 5.92 Å². The number of thiophene rings is 1. The average Bonchev–Trinajstić information content (AvgIpc) is 3.36. The lowest BCUT2D eigenvalue weighted by molar-refractivity contribution is -0.122. The first-order valence-corrected chi connectivity index (χ1v) is 11.8. The van der Waals surface area contributed by atoms with Gasteiger partial charge in [0, 0.05) is 23.4 Å². The molecule has 1 amide bonds. The molecular formula is C26H27N3O3S. The second-order valence-corrected chi connectivity index (χ2v) is 9.17. The number of carbonyl (C=O) groups excluding carboxylic acids is 1. The fourth-order valence-corrected chi connectivity index (χ4v) is 4.79. The first kappa shape index (κ1) is 22.7. The molecule has 170 valence electrons. The van der Waals surface area contributed by atoms with E-state index >= 15 is 0 Å². The number of ether oxygens (including phenoxy) is 1. The zero-order valence-corrected chi connectivity index (χ0v) is 19.8. The van der Waals surface area contributed by atoms with E-state index < -0.39 is 0 Å². The maximum atomic E-state index is 13.4. The van der Waals surface area contributed by atoms with Gasteiger partial charge in [-0.15, -0.1) is 11.3 Å². The minimum Gasteiger partial charge on any atom is -0.497 e. The summed E-state index contributed by atoms with van der Waals surface area (Å²) in [6.07, 6.45) is 0.457. The minimum absolute atomic E-state index is 0.0435. The number of methoxy groups -OCH3 is 1. The number of amides is 1. The molecule has 0 saturated heterocycles. The highest BCUT2D eigenvalue weighted by molar-refractivity contribution is 7.10. The van der Waals surface area contributed by atoms with Crippen LogP contribution in [0.1, 0.15) is 36.9 Å². The summed E-state index contributed by atoms with van der Waals surface area (Å²) in [5.74, 6) is 0.888. The van der Waals surface area contributed by atoms with E-state index in [1.54, 1.807) is 23.0 Å². The smallest absolute Gasteiger partial charge is 0.277 e. The highest BCUT2D eigenvalue weighted by Gasteiger charge is 2.20. The van der Waals surface area contributed by atoms with Crippen molar-refractivity contribution in [1.82, 2.24) is 14.9 Å². The second-order valence-electron chi connectivity index (χ2n) is 8.19. The molecule has 0 spiro atoms. The maximum Gasteiger partial charge on any atom is 0.277 e. The largest absolute Gasteiger partial charge is 0.497 e. The highest BCUT2D eigenvalue weighted by Crippen LogP contribution is 2.26. The van der Waals surface area contributed by atoms with Gasteiger partial charge in [0.25, 0.3) is 5.56 Å². The van der Waals surface area contributed by atoms with Gasteiger partial charge >= 0.3 is 0 Å². The second kappa shape index (κ2) is 10.0. The zero-order valence-electron chi connectivity index (χ0n) is 18.9. The molecule has 0 bridgehead atoms. The van der Waals surface area contributed by atoms with Gasteiger partial charge in [0.1, 0.15) is 11.4 Å². The summed E-state index contributed by atoms with van der Waals surface area (Å²) < 4.78 is 6.89. The molecule has 0 aliphatic carbocycles. The Morgan fingerprint density at radius 3 is 2.52 bits per heavy atom. The molecule has 7 heteroatoms. The van der Waals surface area contributed by atoms with E-state index in [2.05, 4.69) is 24.1 Å². The number of hydrogen-bond donors (Lipinski definition) is 1. The van der Waals surface area contributed by atoms with E-state index in [9.17, 15) is 9.59 Å². The van der Waals surface area contributed by atoms with Gasteiger partial charge in [0.15, 0.2) is 0 Å². The van der Waals surface area contributed by atoms with E-state index in [4.69, 9.17) is 4.74 Å². The Labute approximate surface area is 196 Å². The van der Waals surface area contributed by atoms with E-state index in [-0.39, 0.29) is 36.3 Å². The van der Waals surface area contributed by atoms with Crippen LogP contribution in [0.15, 0.2) is 70.8 Å². The number of nitrogens with one attached hydrogen (secondary N) is 1. The van der Waals surface area contributed by atoms with Crippen molar-refractivity contribution >= 4 is 28.3 Å². The van der Waals surface area contributed by atoms with Crippen molar-refractivity contribution in [3.8, 4) is 11.4 Å². The summed E-state index contributed by atoms with van der Waals surface area (Å²) in [7, 11) is 1.61. The molecule has 0 radical (unpaired) electrons. The van der Waals surface area contributed by atoms with E-state index in [1.807, 2.05) is 66.0 Å². The lowest BCUT2D eigenvalue weighted by Gasteiger charge is -2.21. The number of hydrogen-bond acceptors (Lipinski definition) is 5. The third kappa shape index (κ3) is 4.98. The standard InChI is InChI=1S/C26H27N3O3S/c1-17(2)25(23-9-6-16-33-23)28-24(30)15-14-21-26(31)29(18-10-12-19(32-3)13-11-18)22-8-5-4-7-20(22)27-21/h4-13,16-17,25H,14-15H2,1-3H3,(H,28,30). The number of aryl methyl sites for hydroxylation is 1. The molecule has 4 aromatic rings. The van der Waals surface area contributed by atoms with Crippen molar-refractivity contribution < 1.29 is 9.53 Å². The molecule has 4 rings (SSSR count). The first-order valence-electron chi connectivity index (χ1n) is 11.0. The summed E-state index contributed by atoms with van der Waals surface area (Å²) in [4.78, 5) is 31.9. The molecule has 2 heterocycles. The van der Waals surface area contributed by atoms with Crippen LogP contribution < -0.4 is 15.6 Å². The molecule has 1 unspecified atom stereocenters. The number of rotatable bonds is 8. The average molecular weight is 462 g/mol. The first-order chi connectivity index (χ1) is 16.0. The van der Waals surface area contributed by atoms with Gasteiger partial charge in [0.05, 0.1) is 24.2 Å². The monoisotopic (exact) mass is 461 g/mol. The zero-order chi connectivity index (χ0) is 23.4. The van der Waals surface area contributed by atoms with E-state index in [0.717, 1.165) is 16.1 Å². The van der Waals surface area contributed by atoms with Crippen molar-refractivity contribution in [3.05, 3.63) is 87.0 Å².